The minimum atomic E-state index is -4.89. The molecule has 0 aromatic rings. The van der Waals surface area contributed by atoms with Gasteiger partial charge in [0.05, 0.1) is 26.4 Å². The van der Waals surface area contributed by atoms with Gasteiger partial charge in [0.1, 0.15) is 19.3 Å². The zero-order valence-corrected chi connectivity index (χ0v) is 33.7. The van der Waals surface area contributed by atoms with Crippen LogP contribution in [0.25, 0.3) is 0 Å². The van der Waals surface area contributed by atoms with Gasteiger partial charge in [-0.05, 0) is 25.7 Å². The Morgan fingerprint density at radius 3 is 1.23 bits per heavy atom. The molecule has 0 aromatic heterocycles. The maximum atomic E-state index is 12.5. The maximum Gasteiger partial charge on any atom is 0.472 e. The fourth-order valence-electron chi connectivity index (χ4n) is 4.37. The Kier molecular flexibility index (Phi) is 30.1. The first-order chi connectivity index (χ1) is 25.2. The lowest BCUT2D eigenvalue weighted by Gasteiger charge is -2.21. The molecule has 0 aromatic carbocycles. The van der Waals surface area contributed by atoms with E-state index in [-0.39, 0.29) is 25.7 Å². The molecule has 0 amide bonds. The molecule has 0 spiro atoms. The summed E-state index contributed by atoms with van der Waals surface area (Å²) in [5.74, 6) is -2.29. The second kappa shape index (κ2) is 31.3. The summed E-state index contributed by atoms with van der Waals surface area (Å²) in [6, 6.07) is 0. The minimum Gasteiger partial charge on any atom is -0.462 e. The lowest BCUT2D eigenvalue weighted by molar-refractivity contribution is -0.161. The molecule has 0 bridgehead atoms. The van der Waals surface area contributed by atoms with Crippen LogP contribution < -0.4 is 0 Å². The molecule has 0 fully saturated rings. The van der Waals surface area contributed by atoms with Gasteiger partial charge in [-0.3, -0.25) is 37.3 Å². The Hall–Kier alpha value is -1.94. The molecule has 0 saturated heterocycles. The van der Waals surface area contributed by atoms with Gasteiger partial charge in [0, 0.05) is 25.7 Å². The number of phosphoric ester groups is 2. The number of hydrogen-bond acceptors (Lipinski definition) is 15. The van der Waals surface area contributed by atoms with Crippen LogP contribution in [0.15, 0.2) is 0 Å². The number of phosphoric acid groups is 2. The zero-order valence-electron chi connectivity index (χ0n) is 31.9. The van der Waals surface area contributed by atoms with E-state index in [2.05, 4.69) is 6.92 Å². The number of carbonyl (C=O) groups excluding carboxylic acids is 4. The van der Waals surface area contributed by atoms with Crippen LogP contribution >= 0.6 is 15.6 Å². The van der Waals surface area contributed by atoms with Gasteiger partial charge in [0.2, 0.25) is 0 Å². The molecule has 53 heavy (non-hydrogen) atoms. The monoisotopic (exact) mass is 806 g/mol. The molecule has 17 nitrogen and oxygen atoms in total. The lowest BCUT2D eigenvalue weighted by Crippen LogP contribution is -2.30. The number of aliphatic hydroxyl groups is 1. The van der Waals surface area contributed by atoms with E-state index in [1.165, 1.54) is 0 Å². The standard InChI is InChI=1S/C34H64O17P2/c1-5-9-12-14-17-21-34(39)51-30(25-45-32(37)20-16-13-10-6-2)27-49-53(42,43)47-23-28(35)22-46-52(40,41)48-26-29(50-33(38)18-8-4)24-44-31(36)19-15-11-7-3/h28-30,35H,5-27H2,1-4H3,(H,40,41)(H,42,43)/t28-,29-,30-/m1/s1. The van der Waals surface area contributed by atoms with Crippen molar-refractivity contribution in [1.29, 1.82) is 0 Å². The van der Waals surface area contributed by atoms with E-state index >= 15 is 0 Å². The van der Waals surface area contributed by atoms with Crippen LogP contribution in [0, 0.1) is 0 Å². The average Bonchev–Trinajstić information content (AvgIpc) is 3.11. The predicted octanol–water partition coefficient (Wildman–Crippen LogP) is 6.24. The summed E-state index contributed by atoms with van der Waals surface area (Å²) in [6.07, 6.45) is 7.00. The lowest BCUT2D eigenvalue weighted by atomic mass is 10.1. The van der Waals surface area contributed by atoms with Crippen molar-refractivity contribution < 1.29 is 80.2 Å². The van der Waals surface area contributed by atoms with Crippen molar-refractivity contribution in [2.75, 3.05) is 39.6 Å². The smallest absolute Gasteiger partial charge is 0.462 e. The van der Waals surface area contributed by atoms with Crippen molar-refractivity contribution in [3.63, 3.8) is 0 Å². The molecule has 19 heteroatoms. The topological polar surface area (TPSA) is 237 Å². The van der Waals surface area contributed by atoms with E-state index in [1.807, 2.05) is 13.8 Å². The summed E-state index contributed by atoms with van der Waals surface area (Å²) in [4.78, 5) is 68.7. The molecule has 312 valence electrons. The third kappa shape index (κ3) is 31.0. The Bertz CT molecular complexity index is 1110. The first kappa shape index (κ1) is 51.1. The number of esters is 4. The molecule has 0 aliphatic carbocycles. The second-order valence-corrected chi connectivity index (χ2v) is 15.5. The van der Waals surface area contributed by atoms with E-state index in [9.17, 15) is 43.2 Å². The van der Waals surface area contributed by atoms with Crippen LogP contribution in [0.5, 0.6) is 0 Å². The van der Waals surface area contributed by atoms with E-state index in [0.29, 0.717) is 25.7 Å². The molecular formula is C34H64O17P2. The number of rotatable bonds is 35. The molecule has 0 heterocycles. The normalized spacial score (nSPS) is 15.4. The number of aliphatic hydroxyl groups excluding tert-OH is 1. The number of unbranched alkanes of at least 4 members (excludes halogenated alkanes) is 9. The van der Waals surface area contributed by atoms with Gasteiger partial charge in [0.15, 0.2) is 12.2 Å². The molecule has 3 N–H and O–H groups in total. The number of ether oxygens (including phenoxy) is 4. The van der Waals surface area contributed by atoms with Crippen LogP contribution in [0.1, 0.15) is 137 Å². The van der Waals surface area contributed by atoms with Crippen LogP contribution in [0.2, 0.25) is 0 Å². The third-order valence-corrected chi connectivity index (χ3v) is 9.22. The van der Waals surface area contributed by atoms with Gasteiger partial charge >= 0.3 is 39.5 Å². The van der Waals surface area contributed by atoms with E-state index < -0.39 is 97.5 Å². The molecule has 0 rings (SSSR count). The highest BCUT2D eigenvalue weighted by atomic mass is 31.2. The molecular weight excluding hydrogens is 742 g/mol. The maximum absolute atomic E-state index is 12.5. The van der Waals surface area contributed by atoms with Crippen LogP contribution in [-0.4, -0.2) is 96.7 Å². The van der Waals surface area contributed by atoms with E-state index in [1.54, 1.807) is 6.92 Å². The van der Waals surface area contributed by atoms with Gasteiger partial charge in [-0.15, -0.1) is 0 Å². The molecule has 5 atom stereocenters. The summed E-state index contributed by atoms with van der Waals surface area (Å²) in [7, 11) is -9.76. The summed E-state index contributed by atoms with van der Waals surface area (Å²) in [5, 5.41) is 10.2. The van der Waals surface area contributed by atoms with Crippen molar-refractivity contribution >= 4 is 39.5 Å². The Morgan fingerprint density at radius 2 is 0.792 bits per heavy atom. The summed E-state index contributed by atoms with van der Waals surface area (Å²) >= 11 is 0. The van der Waals surface area contributed by atoms with Gasteiger partial charge in [-0.1, -0.05) is 85.5 Å². The van der Waals surface area contributed by atoms with Crippen molar-refractivity contribution in [1.82, 2.24) is 0 Å². The van der Waals surface area contributed by atoms with Crippen molar-refractivity contribution in [2.45, 2.75) is 155 Å². The van der Waals surface area contributed by atoms with Gasteiger partial charge in [0.25, 0.3) is 0 Å². The summed E-state index contributed by atoms with van der Waals surface area (Å²) < 4.78 is 65.1. The first-order valence-corrected chi connectivity index (χ1v) is 21.8. The molecule has 0 saturated carbocycles. The van der Waals surface area contributed by atoms with Crippen LogP contribution in [0.4, 0.5) is 0 Å². The van der Waals surface area contributed by atoms with Crippen molar-refractivity contribution in [2.24, 2.45) is 0 Å². The Labute approximate surface area is 314 Å². The Morgan fingerprint density at radius 1 is 0.453 bits per heavy atom. The molecule has 2 unspecified atom stereocenters. The van der Waals surface area contributed by atoms with Gasteiger partial charge < -0.3 is 33.8 Å². The minimum absolute atomic E-state index is 0.0521. The molecule has 0 aliphatic heterocycles. The van der Waals surface area contributed by atoms with E-state index in [4.69, 9.17) is 37.0 Å². The predicted molar refractivity (Wildman–Crippen MR) is 192 cm³/mol. The highest BCUT2D eigenvalue weighted by Gasteiger charge is 2.30. The highest BCUT2D eigenvalue weighted by molar-refractivity contribution is 7.47. The summed E-state index contributed by atoms with van der Waals surface area (Å²) in [6.45, 7) is 3.82. The first-order valence-electron chi connectivity index (χ1n) is 18.8. The second-order valence-electron chi connectivity index (χ2n) is 12.5. The largest absolute Gasteiger partial charge is 0.472 e. The number of hydrogen-bond donors (Lipinski definition) is 3. The fourth-order valence-corrected chi connectivity index (χ4v) is 5.95. The van der Waals surface area contributed by atoms with Crippen LogP contribution in [0.3, 0.4) is 0 Å². The molecule has 0 aliphatic rings. The van der Waals surface area contributed by atoms with Gasteiger partial charge in [-0.25, -0.2) is 9.13 Å². The summed E-state index contributed by atoms with van der Waals surface area (Å²) in [5.41, 5.74) is 0. The third-order valence-electron chi connectivity index (χ3n) is 7.32. The van der Waals surface area contributed by atoms with Crippen molar-refractivity contribution in [3.05, 3.63) is 0 Å². The van der Waals surface area contributed by atoms with Gasteiger partial charge in [-0.2, -0.15) is 0 Å². The average molecular weight is 807 g/mol. The SMILES string of the molecule is CCCCCCCC(=O)O[C@H](COC(=O)CCCCCC)COP(=O)(O)OC[C@H](O)COP(=O)(O)OC[C@@H](COC(=O)CCCCC)OC(=O)CCC. The molecule has 0 radical (unpaired) electrons. The fraction of sp³-hybridized carbons (Fsp3) is 0.882. The Balaban J connectivity index is 4.99. The number of carbonyl (C=O) groups is 4. The highest BCUT2D eigenvalue weighted by Crippen LogP contribution is 2.45. The zero-order chi connectivity index (χ0) is 40.0. The van der Waals surface area contributed by atoms with E-state index in [0.717, 1.165) is 57.8 Å². The van der Waals surface area contributed by atoms with Crippen LogP contribution in [-0.2, 0) is 65.4 Å². The van der Waals surface area contributed by atoms with Crippen molar-refractivity contribution in [3.8, 4) is 0 Å². The quantitative estimate of drug-likeness (QED) is 0.0278.